The van der Waals surface area contributed by atoms with E-state index in [9.17, 15) is 5.11 Å². The second kappa shape index (κ2) is 4.84. The van der Waals surface area contributed by atoms with Crippen molar-refractivity contribution in [3.8, 4) is 17.2 Å². The third-order valence-corrected chi connectivity index (χ3v) is 4.47. The van der Waals surface area contributed by atoms with Gasteiger partial charge in [0.15, 0.2) is 5.82 Å². The zero-order valence-corrected chi connectivity index (χ0v) is 13.1. The van der Waals surface area contributed by atoms with Crippen molar-refractivity contribution in [2.24, 2.45) is 0 Å². The predicted octanol–water partition coefficient (Wildman–Crippen LogP) is 3.73. The van der Waals surface area contributed by atoms with E-state index < -0.39 is 0 Å². The summed E-state index contributed by atoms with van der Waals surface area (Å²) in [6, 6.07) is 13.6. The van der Waals surface area contributed by atoms with Crippen molar-refractivity contribution < 1.29 is 9.63 Å². The molecule has 5 heteroatoms. The van der Waals surface area contributed by atoms with E-state index in [1.165, 1.54) is 11.1 Å². The normalized spacial score (nSPS) is 16.3. The van der Waals surface area contributed by atoms with Gasteiger partial charge in [0.2, 0.25) is 0 Å². The van der Waals surface area contributed by atoms with Crippen molar-refractivity contribution in [2.75, 3.05) is 0 Å². The molecule has 1 unspecified atom stereocenters. The number of rotatable bonds is 2. The highest BCUT2D eigenvalue weighted by Crippen LogP contribution is 2.39. The second-order valence-corrected chi connectivity index (χ2v) is 6.32. The van der Waals surface area contributed by atoms with Crippen LogP contribution in [0.3, 0.4) is 0 Å². The fourth-order valence-corrected chi connectivity index (χ4v) is 3.15. The van der Waals surface area contributed by atoms with Crippen LogP contribution in [-0.2, 0) is 6.42 Å². The Kier molecular flexibility index (Phi) is 2.95. The fourth-order valence-electron chi connectivity index (χ4n) is 2.65. The van der Waals surface area contributed by atoms with Gasteiger partial charge in [-0.25, -0.2) is 0 Å². The Hall–Kier alpha value is -1.89. The van der Waals surface area contributed by atoms with Crippen LogP contribution in [0.25, 0.3) is 11.5 Å². The Morgan fingerprint density at radius 2 is 2.05 bits per heavy atom. The molecule has 1 aromatic heterocycles. The van der Waals surface area contributed by atoms with Crippen molar-refractivity contribution in [3.05, 3.63) is 63.0 Å². The van der Waals surface area contributed by atoms with Crippen molar-refractivity contribution in [3.63, 3.8) is 0 Å². The molecule has 0 fully saturated rings. The summed E-state index contributed by atoms with van der Waals surface area (Å²) in [5.41, 5.74) is 3.18. The molecule has 1 aliphatic carbocycles. The van der Waals surface area contributed by atoms with E-state index in [0.717, 1.165) is 9.99 Å². The number of benzene rings is 2. The largest absolute Gasteiger partial charge is 0.507 e. The summed E-state index contributed by atoms with van der Waals surface area (Å²) >= 11 is 2.19. The standard InChI is InChI=1S/C16H11IN2O2/c17-10-5-6-14(20)13(8-10)16-18-15(19-21-16)12-7-9-3-1-2-4-11(9)12/h1-6,8,12,20H,7H2. The van der Waals surface area contributed by atoms with Gasteiger partial charge in [0.05, 0.1) is 11.5 Å². The summed E-state index contributed by atoms with van der Waals surface area (Å²) in [5, 5.41) is 14.0. The van der Waals surface area contributed by atoms with Gasteiger partial charge in [-0.05, 0) is 58.3 Å². The summed E-state index contributed by atoms with van der Waals surface area (Å²) in [5.74, 6) is 1.40. The predicted molar refractivity (Wildman–Crippen MR) is 86.1 cm³/mol. The molecule has 21 heavy (non-hydrogen) atoms. The zero-order valence-electron chi connectivity index (χ0n) is 11.0. The molecule has 0 saturated carbocycles. The molecule has 0 saturated heterocycles. The maximum absolute atomic E-state index is 9.93. The lowest BCUT2D eigenvalue weighted by molar-refractivity contribution is 0.412. The number of phenolic OH excluding ortho intramolecular Hbond substituents is 1. The summed E-state index contributed by atoms with van der Waals surface area (Å²) in [7, 11) is 0. The minimum atomic E-state index is 0.152. The first kappa shape index (κ1) is 12.8. The van der Waals surface area contributed by atoms with Crippen LogP contribution in [0, 0.1) is 3.57 Å². The zero-order chi connectivity index (χ0) is 14.4. The van der Waals surface area contributed by atoms with Crippen molar-refractivity contribution in [1.82, 2.24) is 10.1 Å². The highest BCUT2D eigenvalue weighted by Gasteiger charge is 2.31. The van der Waals surface area contributed by atoms with Gasteiger partial charge in [0.1, 0.15) is 5.75 Å². The Labute approximate surface area is 135 Å². The van der Waals surface area contributed by atoms with E-state index in [0.29, 0.717) is 17.3 Å². The Morgan fingerprint density at radius 3 is 2.90 bits per heavy atom. The molecule has 0 radical (unpaired) electrons. The topological polar surface area (TPSA) is 59.2 Å². The van der Waals surface area contributed by atoms with Gasteiger partial charge < -0.3 is 9.63 Å². The molecule has 0 aliphatic heterocycles. The number of aromatic hydroxyl groups is 1. The number of nitrogens with zero attached hydrogens (tertiary/aromatic N) is 2. The number of hydrogen-bond donors (Lipinski definition) is 1. The molecule has 1 N–H and O–H groups in total. The summed E-state index contributed by atoms with van der Waals surface area (Å²) in [6.07, 6.45) is 0.938. The van der Waals surface area contributed by atoms with Crippen LogP contribution in [0.5, 0.6) is 5.75 Å². The Morgan fingerprint density at radius 1 is 1.19 bits per heavy atom. The van der Waals surface area contributed by atoms with Gasteiger partial charge in [0, 0.05) is 3.57 Å². The van der Waals surface area contributed by atoms with Crippen LogP contribution >= 0.6 is 22.6 Å². The van der Waals surface area contributed by atoms with Crippen molar-refractivity contribution in [2.45, 2.75) is 12.3 Å². The van der Waals surface area contributed by atoms with Crippen LogP contribution < -0.4 is 0 Å². The smallest absolute Gasteiger partial charge is 0.261 e. The average Bonchev–Trinajstić information content (AvgIpc) is 2.92. The number of phenols is 1. The maximum Gasteiger partial charge on any atom is 0.261 e. The lowest BCUT2D eigenvalue weighted by atomic mass is 9.77. The Balaban J connectivity index is 1.70. The Bertz CT molecular complexity index is 829. The van der Waals surface area contributed by atoms with Gasteiger partial charge in [-0.3, -0.25) is 0 Å². The van der Waals surface area contributed by atoms with Crippen LogP contribution in [-0.4, -0.2) is 15.2 Å². The van der Waals surface area contributed by atoms with Gasteiger partial charge in [-0.1, -0.05) is 29.4 Å². The molecule has 4 nitrogen and oxygen atoms in total. The average molecular weight is 390 g/mol. The molecule has 1 atom stereocenters. The van der Waals surface area contributed by atoms with Crippen molar-refractivity contribution in [1.29, 1.82) is 0 Å². The van der Waals surface area contributed by atoms with E-state index >= 15 is 0 Å². The third kappa shape index (κ3) is 2.12. The minimum absolute atomic E-state index is 0.152. The summed E-state index contributed by atoms with van der Waals surface area (Å²) in [6.45, 7) is 0. The maximum atomic E-state index is 9.93. The first-order valence-corrected chi connectivity index (χ1v) is 7.70. The molecule has 0 bridgehead atoms. The fraction of sp³-hybridized carbons (Fsp3) is 0.125. The summed E-state index contributed by atoms with van der Waals surface area (Å²) < 4.78 is 6.34. The third-order valence-electron chi connectivity index (χ3n) is 3.80. The molecule has 0 amide bonds. The van der Waals surface area contributed by atoms with Crippen LogP contribution in [0.1, 0.15) is 22.9 Å². The van der Waals surface area contributed by atoms with E-state index in [1.807, 2.05) is 24.3 Å². The number of aromatic nitrogens is 2. The molecule has 2 aromatic carbocycles. The van der Waals surface area contributed by atoms with Gasteiger partial charge in [-0.15, -0.1) is 0 Å². The highest BCUT2D eigenvalue weighted by atomic mass is 127. The molecular formula is C16H11IN2O2. The molecule has 104 valence electrons. The molecule has 1 aliphatic rings. The van der Waals surface area contributed by atoms with E-state index in [2.05, 4.69) is 44.9 Å². The number of hydrogen-bond acceptors (Lipinski definition) is 4. The van der Waals surface area contributed by atoms with E-state index in [-0.39, 0.29) is 11.7 Å². The number of fused-ring (bicyclic) bond motifs is 1. The summed E-state index contributed by atoms with van der Waals surface area (Å²) in [4.78, 5) is 4.46. The minimum Gasteiger partial charge on any atom is -0.507 e. The van der Waals surface area contributed by atoms with Gasteiger partial charge in [0.25, 0.3) is 5.89 Å². The van der Waals surface area contributed by atoms with E-state index in [1.54, 1.807) is 6.07 Å². The van der Waals surface area contributed by atoms with Gasteiger partial charge in [-0.2, -0.15) is 4.98 Å². The first-order valence-electron chi connectivity index (χ1n) is 6.62. The molecule has 0 spiro atoms. The van der Waals surface area contributed by atoms with Crippen LogP contribution in [0.2, 0.25) is 0 Å². The molecular weight excluding hydrogens is 379 g/mol. The van der Waals surface area contributed by atoms with Crippen LogP contribution in [0.4, 0.5) is 0 Å². The highest BCUT2D eigenvalue weighted by molar-refractivity contribution is 14.1. The molecule has 3 aromatic rings. The quantitative estimate of drug-likeness (QED) is 0.678. The first-order chi connectivity index (χ1) is 10.2. The monoisotopic (exact) mass is 390 g/mol. The SMILES string of the molecule is Oc1ccc(I)cc1-c1nc(C2Cc3ccccc32)no1. The van der Waals surface area contributed by atoms with E-state index in [4.69, 9.17) is 4.52 Å². The van der Waals surface area contributed by atoms with Gasteiger partial charge >= 0.3 is 0 Å². The second-order valence-electron chi connectivity index (χ2n) is 5.07. The number of halogens is 1. The molecule has 1 heterocycles. The van der Waals surface area contributed by atoms with Crippen LogP contribution in [0.15, 0.2) is 47.0 Å². The lowest BCUT2D eigenvalue weighted by Gasteiger charge is -2.27. The molecule has 4 rings (SSSR count). The van der Waals surface area contributed by atoms with Crippen molar-refractivity contribution >= 4 is 22.6 Å². The lowest BCUT2D eigenvalue weighted by Crippen LogP contribution is -2.19.